The first kappa shape index (κ1) is 13.7. The molecule has 1 heterocycles. The van der Waals surface area contributed by atoms with Gasteiger partial charge in [-0.05, 0) is 0 Å². The molecule has 0 spiro atoms. The van der Waals surface area contributed by atoms with Gasteiger partial charge in [0, 0.05) is 25.2 Å². The molecule has 1 aromatic rings. The van der Waals surface area contributed by atoms with Gasteiger partial charge in [0.2, 0.25) is 5.91 Å². The van der Waals surface area contributed by atoms with Crippen LogP contribution in [0.5, 0.6) is 0 Å². The van der Waals surface area contributed by atoms with Crippen molar-refractivity contribution >= 4 is 11.9 Å². The van der Waals surface area contributed by atoms with Gasteiger partial charge >= 0.3 is 5.97 Å². The predicted octanol–water partition coefficient (Wildman–Crippen LogP) is -0.987. The van der Waals surface area contributed by atoms with Gasteiger partial charge in [0.1, 0.15) is 12.1 Å². The minimum Gasteiger partial charge on any atom is -0.480 e. The van der Waals surface area contributed by atoms with Crippen LogP contribution >= 0.6 is 0 Å². The quantitative estimate of drug-likeness (QED) is 0.581. The number of nitrogens with one attached hydrogen (secondary N) is 1. The Hall–Kier alpha value is -2.33. The number of carbonyl (C=O) groups excluding carboxylic acids is 1. The first-order valence-corrected chi connectivity index (χ1v) is 5.16. The summed E-state index contributed by atoms with van der Waals surface area (Å²) in [5.74, 6) is 0.384. The van der Waals surface area contributed by atoms with E-state index in [-0.39, 0.29) is 6.42 Å². The summed E-state index contributed by atoms with van der Waals surface area (Å²) < 4.78 is 1.50. The van der Waals surface area contributed by atoms with Crippen LogP contribution in [0.2, 0.25) is 0 Å². The molecule has 7 heteroatoms. The molecule has 96 valence electrons. The SMILES string of the molecule is C#CCC(NC(=O)C(N)c1cnn(C)c1)C(=O)O. The minimum atomic E-state index is -1.19. The molecule has 1 aromatic heterocycles. The van der Waals surface area contributed by atoms with E-state index in [0.29, 0.717) is 5.56 Å². The lowest BCUT2D eigenvalue weighted by Crippen LogP contribution is -2.44. The van der Waals surface area contributed by atoms with Gasteiger partial charge in [-0.15, -0.1) is 12.3 Å². The Morgan fingerprint density at radius 2 is 2.39 bits per heavy atom. The van der Waals surface area contributed by atoms with Crippen LogP contribution in [-0.2, 0) is 16.6 Å². The van der Waals surface area contributed by atoms with Gasteiger partial charge < -0.3 is 16.2 Å². The summed E-state index contributed by atoms with van der Waals surface area (Å²) in [5, 5.41) is 15.0. The Kier molecular flexibility index (Phi) is 4.45. The molecule has 0 aliphatic heterocycles. The summed E-state index contributed by atoms with van der Waals surface area (Å²) in [6, 6.07) is -2.11. The van der Waals surface area contributed by atoms with E-state index in [1.54, 1.807) is 13.2 Å². The van der Waals surface area contributed by atoms with Crippen molar-refractivity contribution in [3.8, 4) is 12.3 Å². The molecule has 0 saturated carbocycles. The number of terminal acetylenes is 1. The fourth-order valence-corrected chi connectivity index (χ4v) is 1.33. The third-order valence-corrected chi connectivity index (χ3v) is 2.30. The summed E-state index contributed by atoms with van der Waals surface area (Å²) >= 11 is 0. The van der Waals surface area contributed by atoms with E-state index in [9.17, 15) is 9.59 Å². The number of hydrogen-bond acceptors (Lipinski definition) is 4. The first-order valence-electron chi connectivity index (χ1n) is 5.16. The van der Waals surface area contributed by atoms with E-state index in [1.165, 1.54) is 10.9 Å². The molecule has 0 aromatic carbocycles. The lowest BCUT2D eigenvalue weighted by Gasteiger charge is -2.15. The zero-order chi connectivity index (χ0) is 13.7. The fourth-order valence-electron chi connectivity index (χ4n) is 1.33. The molecule has 7 nitrogen and oxygen atoms in total. The van der Waals surface area contributed by atoms with Gasteiger partial charge in [-0.25, -0.2) is 4.79 Å². The van der Waals surface area contributed by atoms with Gasteiger partial charge in [0.05, 0.1) is 6.20 Å². The molecule has 18 heavy (non-hydrogen) atoms. The summed E-state index contributed by atoms with van der Waals surface area (Å²) in [6.45, 7) is 0. The third kappa shape index (κ3) is 3.33. The van der Waals surface area contributed by atoms with Gasteiger partial charge in [0.25, 0.3) is 0 Å². The summed E-state index contributed by atoms with van der Waals surface area (Å²) in [5.41, 5.74) is 6.19. The molecule has 0 fully saturated rings. The van der Waals surface area contributed by atoms with E-state index < -0.39 is 24.0 Å². The molecular weight excluding hydrogens is 236 g/mol. The van der Waals surface area contributed by atoms with Crippen molar-refractivity contribution in [1.29, 1.82) is 0 Å². The third-order valence-electron chi connectivity index (χ3n) is 2.30. The smallest absolute Gasteiger partial charge is 0.327 e. The highest BCUT2D eigenvalue weighted by Gasteiger charge is 2.24. The second kappa shape index (κ2) is 5.84. The van der Waals surface area contributed by atoms with Crippen LogP contribution in [0.1, 0.15) is 18.0 Å². The molecule has 0 radical (unpaired) electrons. The van der Waals surface area contributed by atoms with Gasteiger partial charge in [-0.1, -0.05) is 0 Å². The number of rotatable bonds is 5. The molecule has 1 rings (SSSR count). The second-order valence-electron chi connectivity index (χ2n) is 3.73. The Bertz CT molecular complexity index is 489. The van der Waals surface area contributed by atoms with Crippen molar-refractivity contribution in [1.82, 2.24) is 15.1 Å². The van der Waals surface area contributed by atoms with Crippen LogP contribution in [-0.4, -0.2) is 32.8 Å². The maximum absolute atomic E-state index is 11.7. The lowest BCUT2D eigenvalue weighted by molar-refractivity contribution is -0.141. The highest BCUT2D eigenvalue weighted by molar-refractivity contribution is 5.87. The molecule has 0 aliphatic rings. The lowest BCUT2D eigenvalue weighted by atomic mass is 10.1. The van der Waals surface area contributed by atoms with Crippen LogP contribution in [0.25, 0.3) is 0 Å². The maximum Gasteiger partial charge on any atom is 0.327 e. The van der Waals surface area contributed by atoms with Crippen molar-refractivity contribution in [2.24, 2.45) is 12.8 Å². The minimum absolute atomic E-state index is 0.0964. The van der Waals surface area contributed by atoms with E-state index >= 15 is 0 Å². The van der Waals surface area contributed by atoms with Gasteiger partial charge in [-0.3, -0.25) is 9.48 Å². The second-order valence-corrected chi connectivity index (χ2v) is 3.73. The highest BCUT2D eigenvalue weighted by Crippen LogP contribution is 2.09. The van der Waals surface area contributed by atoms with E-state index in [0.717, 1.165) is 0 Å². The number of aliphatic carboxylic acids is 1. The fraction of sp³-hybridized carbons (Fsp3) is 0.364. The number of hydrogen-bond donors (Lipinski definition) is 3. The average Bonchev–Trinajstić information content (AvgIpc) is 2.74. The van der Waals surface area contributed by atoms with Crippen LogP contribution in [0.3, 0.4) is 0 Å². The topological polar surface area (TPSA) is 110 Å². The number of nitrogens with zero attached hydrogens (tertiary/aromatic N) is 2. The maximum atomic E-state index is 11.7. The van der Waals surface area contributed by atoms with Crippen LogP contribution < -0.4 is 11.1 Å². The Morgan fingerprint density at radius 3 is 2.83 bits per heavy atom. The van der Waals surface area contributed by atoms with Crippen molar-refractivity contribution in [2.75, 3.05) is 0 Å². The van der Waals surface area contributed by atoms with Crippen molar-refractivity contribution in [2.45, 2.75) is 18.5 Å². The number of aryl methyl sites for hydroxylation is 1. The molecular formula is C11H14N4O3. The predicted molar refractivity (Wildman–Crippen MR) is 63.2 cm³/mol. The number of amides is 1. The number of nitrogens with two attached hydrogens (primary N) is 1. The molecule has 0 bridgehead atoms. The Balaban J connectivity index is 2.70. The Morgan fingerprint density at radius 1 is 1.72 bits per heavy atom. The Labute approximate surface area is 104 Å². The number of carboxylic acid groups (broad SMARTS) is 1. The van der Waals surface area contributed by atoms with Crippen molar-refractivity contribution in [3.63, 3.8) is 0 Å². The van der Waals surface area contributed by atoms with E-state index in [2.05, 4.69) is 16.3 Å². The monoisotopic (exact) mass is 250 g/mol. The molecule has 1 amide bonds. The normalized spacial score (nSPS) is 13.4. The zero-order valence-electron chi connectivity index (χ0n) is 9.83. The number of aromatic nitrogens is 2. The van der Waals surface area contributed by atoms with E-state index in [1.807, 2.05) is 0 Å². The summed E-state index contributed by atoms with van der Waals surface area (Å²) in [6.07, 6.45) is 7.96. The number of carbonyl (C=O) groups is 2. The van der Waals surface area contributed by atoms with Crippen molar-refractivity contribution < 1.29 is 14.7 Å². The van der Waals surface area contributed by atoms with Crippen LogP contribution in [0, 0.1) is 12.3 Å². The largest absolute Gasteiger partial charge is 0.480 e. The van der Waals surface area contributed by atoms with Crippen molar-refractivity contribution in [3.05, 3.63) is 18.0 Å². The van der Waals surface area contributed by atoms with E-state index in [4.69, 9.17) is 17.3 Å². The average molecular weight is 250 g/mol. The molecule has 0 aliphatic carbocycles. The first-order chi connectivity index (χ1) is 8.45. The van der Waals surface area contributed by atoms with Crippen LogP contribution in [0.15, 0.2) is 12.4 Å². The highest BCUT2D eigenvalue weighted by atomic mass is 16.4. The standard InChI is InChI=1S/C11H14N4O3/c1-3-4-8(11(17)18)14-10(16)9(12)7-5-13-15(2)6-7/h1,5-6,8-9H,4,12H2,2H3,(H,14,16)(H,17,18). The van der Waals surface area contributed by atoms with Crippen LogP contribution in [0.4, 0.5) is 0 Å². The van der Waals surface area contributed by atoms with Gasteiger partial charge in [0.15, 0.2) is 0 Å². The summed E-state index contributed by atoms with van der Waals surface area (Å²) in [7, 11) is 1.69. The molecule has 0 saturated heterocycles. The van der Waals surface area contributed by atoms with Gasteiger partial charge in [-0.2, -0.15) is 5.10 Å². The summed E-state index contributed by atoms with van der Waals surface area (Å²) in [4.78, 5) is 22.6. The number of carboxylic acids is 1. The molecule has 2 atom stereocenters. The zero-order valence-corrected chi connectivity index (χ0v) is 9.83. The molecule has 4 N–H and O–H groups in total. The molecule has 2 unspecified atom stereocenters.